The van der Waals surface area contributed by atoms with Gasteiger partial charge >= 0.3 is 0 Å². The van der Waals surface area contributed by atoms with Gasteiger partial charge in [-0.05, 0) is 42.5 Å². The lowest BCUT2D eigenvalue weighted by atomic mass is 10.2. The molecule has 0 spiro atoms. The summed E-state index contributed by atoms with van der Waals surface area (Å²) in [5.41, 5.74) is 1.56. The monoisotopic (exact) mass is 323 g/mol. The smallest absolute Gasteiger partial charge is 0.244 e. The Morgan fingerprint density at radius 3 is 2.50 bits per heavy atom. The molecular weight excluding hydrogens is 306 g/mol. The highest BCUT2D eigenvalue weighted by Crippen LogP contribution is 2.19. The van der Waals surface area contributed by atoms with Gasteiger partial charge in [-0.25, -0.2) is 0 Å². The molecule has 2 aromatic carbocycles. The van der Waals surface area contributed by atoms with Crippen LogP contribution in [0, 0.1) is 11.3 Å². The van der Waals surface area contributed by atoms with Gasteiger partial charge in [0.15, 0.2) is 0 Å². The number of ether oxygens (including phenoxy) is 1. The summed E-state index contributed by atoms with van der Waals surface area (Å²) in [6.07, 6.45) is 0. The fraction of sp³-hybridized carbons (Fsp3) is 0.167. The van der Waals surface area contributed by atoms with Crippen LogP contribution in [0.2, 0.25) is 0 Å². The molecule has 122 valence electrons. The van der Waals surface area contributed by atoms with Crippen molar-refractivity contribution in [1.29, 1.82) is 5.26 Å². The highest BCUT2D eigenvalue weighted by Gasteiger charge is 2.16. The average molecular weight is 323 g/mol. The SMILES string of the molecule is COc1ccc(N(CC(=O)Nc2cccc(C#N)c2)C(C)=O)cc1. The van der Waals surface area contributed by atoms with Crippen LogP contribution in [-0.2, 0) is 9.59 Å². The number of hydrogen-bond acceptors (Lipinski definition) is 4. The second-order valence-electron chi connectivity index (χ2n) is 5.04. The molecule has 1 N–H and O–H groups in total. The predicted molar refractivity (Wildman–Crippen MR) is 90.8 cm³/mol. The summed E-state index contributed by atoms with van der Waals surface area (Å²) in [5.74, 6) is 0.0669. The summed E-state index contributed by atoms with van der Waals surface area (Å²) in [7, 11) is 1.56. The lowest BCUT2D eigenvalue weighted by Crippen LogP contribution is -2.36. The van der Waals surface area contributed by atoms with E-state index in [2.05, 4.69) is 5.32 Å². The molecule has 0 aliphatic carbocycles. The Kier molecular flexibility index (Phi) is 5.53. The van der Waals surface area contributed by atoms with Crippen molar-refractivity contribution >= 4 is 23.2 Å². The summed E-state index contributed by atoms with van der Waals surface area (Å²) >= 11 is 0. The molecule has 0 aliphatic rings. The third-order valence-corrected chi connectivity index (χ3v) is 3.34. The molecule has 0 radical (unpaired) electrons. The number of hydrogen-bond donors (Lipinski definition) is 1. The van der Waals surface area contributed by atoms with Crippen LogP contribution in [0.25, 0.3) is 0 Å². The minimum atomic E-state index is -0.351. The van der Waals surface area contributed by atoms with Gasteiger partial charge < -0.3 is 15.0 Å². The highest BCUT2D eigenvalue weighted by molar-refractivity contribution is 6.01. The average Bonchev–Trinajstić information content (AvgIpc) is 2.59. The van der Waals surface area contributed by atoms with Crippen molar-refractivity contribution in [3.05, 3.63) is 54.1 Å². The standard InChI is InChI=1S/C18H17N3O3/c1-13(22)21(16-6-8-17(24-2)9-7-16)12-18(23)20-15-5-3-4-14(10-15)11-19/h3-10H,12H2,1-2H3,(H,20,23). The molecule has 0 aromatic heterocycles. The van der Waals surface area contributed by atoms with Crippen LogP contribution >= 0.6 is 0 Å². The Balaban J connectivity index is 2.10. The Labute approximate surface area is 140 Å². The van der Waals surface area contributed by atoms with E-state index in [4.69, 9.17) is 10.00 Å². The minimum Gasteiger partial charge on any atom is -0.497 e. The number of carbonyl (C=O) groups excluding carboxylic acids is 2. The van der Waals surface area contributed by atoms with Gasteiger partial charge in [-0.1, -0.05) is 6.07 Å². The van der Waals surface area contributed by atoms with E-state index in [1.807, 2.05) is 6.07 Å². The molecule has 2 amide bonds. The molecule has 0 atom stereocenters. The molecule has 0 saturated heterocycles. The van der Waals surface area contributed by atoms with Crippen LogP contribution in [0.5, 0.6) is 5.75 Å². The van der Waals surface area contributed by atoms with Crippen LogP contribution in [0.15, 0.2) is 48.5 Å². The van der Waals surface area contributed by atoms with E-state index in [1.165, 1.54) is 11.8 Å². The molecule has 0 heterocycles. The van der Waals surface area contributed by atoms with E-state index >= 15 is 0 Å². The first-order valence-electron chi connectivity index (χ1n) is 7.25. The first-order chi connectivity index (χ1) is 11.5. The number of rotatable bonds is 5. The zero-order valence-corrected chi connectivity index (χ0v) is 13.4. The molecule has 0 unspecified atom stereocenters. The molecule has 0 aliphatic heterocycles. The molecule has 2 aromatic rings. The van der Waals surface area contributed by atoms with Crippen molar-refractivity contribution < 1.29 is 14.3 Å². The second-order valence-corrected chi connectivity index (χ2v) is 5.04. The molecule has 0 bridgehead atoms. The molecule has 6 nitrogen and oxygen atoms in total. The summed E-state index contributed by atoms with van der Waals surface area (Å²) < 4.78 is 5.08. The van der Waals surface area contributed by atoms with Crippen LogP contribution in [-0.4, -0.2) is 25.5 Å². The van der Waals surface area contributed by atoms with Gasteiger partial charge in [-0.15, -0.1) is 0 Å². The first kappa shape index (κ1) is 17.0. The van der Waals surface area contributed by atoms with E-state index in [9.17, 15) is 9.59 Å². The van der Waals surface area contributed by atoms with Crippen molar-refractivity contribution in [1.82, 2.24) is 0 Å². The molecule has 6 heteroatoms. The van der Waals surface area contributed by atoms with E-state index in [0.29, 0.717) is 22.7 Å². The maximum atomic E-state index is 12.2. The fourth-order valence-electron chi connectivity index (χ4n) is 2.16. The molecule has 0 fully saturated rings. The van der Waals surface area contributed by atoms with Crippen LogP contribution in [0.4, 0.5) is 11.4 Å². The number of nitrogens with one attached hydrogen (secondary N) is 1. The quantitative estimate of drug-likeness (QED) is 0.916. The Morgan fingerprint density at radius 1 is 1.21 bits per heavy atom. The summed E-state index contributed by atoms with van der Waals surface area (Å²) in [6.45, 7) is 1.27. The minimum absolute atomic E-state index is 0.127. The summed E-state index contributed by atoms with van der Waals surface area (Å²) in [6, 6.07) is 15.5. The lowest BCUT2D eigenvalue weighted by molar-refractivity contribution is -0.120. The van der Waals surface area contributed by atoms with Crippen molar-refractivity contribution in [2.45, 2.75) is 6.92 Å². The maximum absolute atomic E-state index is 12.2. The van der Waals surface area contributed by atoms with Gasteiger partial charge in [-0.2, -0.15) is 5.26 Å². The third-order valence-electron chi connectivity index (χ3n) is 3.34. The Morgan fingerprint density at radius 2 is 1.92 bits per heavy atom. The maximum Gasteiger partial charge on any atom is 0.244 e. The number of nitriles is 1. The van der Waals surface area contributed by atoms with Gasteiger partial charge in [-0.3, -0.25) is 9.59 Å². The zero-order valence-electron chi connectivity index (χ0n) is 13.4. The number of carbonyl (C=O) groups is 2. The van der Waals surface area contributed by atoms with Crippen LogP contribution in [0.1, 0.15) is 12.5 Å². The Bertz CT molecular complexity index is 779. The van der Waals surface area contributed by atoms with E-state index in [0.717, 1.165) is 0 Å². The van der Waals surface area contributed by atoms with Gasteiger partial charge in [0.05, 0.1) is 18.7 Å². The molecule has 2 rings (SSSR count). The summed E-state index contributed by atoms with van der Waals surface area (Å²) in [4.78, 5) is 25.4. The van der Waals surface area contributed by atoms with Gasteiger partial charge in [0.1, 0.15) is 12.3 Å². The predicted octanol–water partition coefficient (Wildman–Crippen LogP) is 2.56. The number of amides is 2. The number of nitrogens with zero attached hydrogens (tertiary/aromatic N) is 2. The van der Waals surface area contributed by atoms with E-state index in [1.54, 1.807) is 55.6 Å². The second kappa shape index (κ2) is 7.79. The first-order valence-corrected chi connectivity index (χ1v) is 7.25. The normalized spacial score (nSPS) is 9.71. The fourth-order valence-corrected chi connectivity index (χ4v) is 2.16. The van der Waals surface area contributed by atoms with E-state index in [-0.39, 0.29) is 18.4 Å². The van der Waals surface area contributed by atoms with Crippen molar-refractivity contribution in [3.8, 4) is 11.8 Å². The van der Waals surface area contributed by atoms with Gasteiger partial charge in [0.25, 0.3) is 0 Å². The number of methoxy groups -OCH3 is 1. The number of anilines is 2. The van der Waals surface area contributed by atoms with Crippen molar-refractivity contribution in [3.63, 3.8) is 0 Å². The van der Waals surface area contributed by atoms with Crippen molar-refractivity contribution in [2.75, 3.05) is 23.9 Å². The van der Waals surface area contributed by atoms with Gasteiger partial charge in [0.2, 0.25) is 11.8 Å². The largest absolute Gasteiger partial charge is 0.497 e. The van der Waals surface area contributed by atoms with Crippen LogP contribution in [0.3, 0.4) is 0 Å². The molecular formula is C18H17N3O3. The third kappa shape index (κ3) is 4.34. The van der Waals surface area contributed by atoms with Crippen molar-refractivity contribution in [2.24, 2.45) is 0 Å². The summed E-state index contributed by atoms with van der Waals surface area (Å²) in [5, 5.41) is 11.6. The number of benzene rings is 2. The highest BCUT2D eigenvalue weighted by atomic mass is 16.5. The topological polar surface area (TPSA) is 82.4 Å². The Hall–Kier alpha value is -3.33. The molecule has 0 saturated carbocycles. The van der Waals surface area contributed by atoms with Gasteiger partial charge in [0, 0.05) is 18.3 Å². The van der Waals surface area contributed by atoms with E-state index < -0.39 is 0 Å². The zero-order chi connectivity index (χ0) is 17.5. The van der Waals surface area contributed by atoms with Crippen LogP contribution < -0.4 is 15.0 Å². The molecule has 24 heavy (non-hydrogen) atoms. The lowest BCUT2D eigenvalue weighted by Gasteiger charge is -2.21.